The van der Waals surface area contributed by atoms with Gasteiger partial charge in [0.15, 0.2) is 0 Å². The molecular formula is C48H39BN2. The fourth-order valence-electron chi connectivity index (χ4n) is 8.91. The van der Waals surface area contributed by atoms with Gasteiger partial charge in [0.2, 0.25) is 6.71 Å². The normalized spacial score (nSPS) is 18.4. The topological polar surface area (TPSA) is 6.48 Å². The fraction of sp³-hybridized carbons (Fsp3) is 0.125. The van der Waals surface area contributed by atoms with Crippen molar-refractivity contribution in [3.8, 4) is 11.1 Å². The van der Waals surface area contributed by atoms with Crippen molar-refractivity contribution >= 4 is 51.6 Å². The Morgan fingerprint density at radius 1 is 0.569 bits per heavy atom. The third-order valence-corrected chi connectivity index (χ3v) is 11.2. The second kappa shape index (κ2) is 12.5. The highest BCUT2D eigenvalue weighted by Crippen LogP contribution is 2.48. The van der Waals surface area contributed by atoms with Crippen LogP contribution >= 0.6 is 0 Å². The monoisotopic (exact) mass is 654 g/mol. The van der Waals surface area contributed by atoms with Crippen LogP contribution in [-0.4, -0.2) is 6.71 Å². The predicted molar refractivity (Wildman–Crippen MR) is 218 cm³/mol. The van der Waals surface area contributed by atoms with E-state index in [0.29, 0.717) is 5.92 Å². The molecule has 51 heavy (non-hydrogen) atoms. The van der Waals surface area contributed by atoms with Gasteiger partial charge in [-0.05, 0) is 125 Å². The maximum atomic E-state index is 2.55. The first-order chi connectivity index (χ1) is 25.3. The molecule has 5 aliphatic rings. The number of allylic oxidation sites excluding steroid dienone is 11. The smallest absolute Gasteiger partial charge is 0.247 e. The Morgan fingerprint density at radius 2 is 1.27 bits per heavy atom. The maximum absolute atomic E-state index is 2.55. The molecule has 0 saturated heterocycles. The molecule has 0 fully saturated rings. The molecule has 2 heterocycles. The molecule has 3 heteroatoms. The van der Waals surface area contributed by atoms with Gasteiger partial charge in [0.25, 0.3) is 0 Å². The van der Waals surface area contributed by atoms with E-state index in [1.807, 2.05) is 0 Å². The van der Waals surface area contributed by atoms with E-state index in [2.05, 4.69) is 180 Å². The summed E-state index contributed by atoms with van der Waals surface area (Å²) in [6, 6.07) is 43.4. The van der Waals surface area contributed by atoms with Crippen LogP contribution in [0.4, 0.5) is 28.4 Å². The molecule has 2 aliphatic heterocycles. The van der Waals surface area contributed by atoms with Crippen LogP contribution in [0.2, 0.25) is 0 Å². The Morgan fingerprint density at radius 3 is 2.04 bits per heavy atom. The molecule has 1 atom stereocenters. The number of nitrogens with zero attached hydrogens (tertiary/aromatic N) is 2. The summed E-state index contributed by atoms with van der Waals surface area (Å²) in [6.07, 6.45) is 26.2. The van der Waals surface area contributed by atoms with E-state index in [9.17, 15) is 0 Å². The standard InChI is InChI=1S/C48H39BN2/c1-5-17-34(18-6-1)36-29-37(35-19-7-2-8-20-35)31-38(30-36)39-32-46-48-47(33-39)51(41-23-11-4-12-24-41)45-28-16-14-26-43(45)49(48)42-25-13-15-27-44(42)50(46)40-21-9-3-10-22-40/h1,3-7,9-13,15-17,19-25,27-34H,2,8,14,18,26H2. The van der Waals surface area contributed by atoms with Crippen LogP contribution in [0.5, 0.6) is 0 Å². The largest absolute Gasteiger partial charge is 0.312 e. The van der Waals surface area contributed by atoms with Crippen LogP contribution in [0.25, 0.3) is 16.7 Å². The van der Waals surface area contributed by atoms with Gasteiger partial charge in [0.1, 0.15) is 0 Å². The summed E-state index contributed by atoms with van der Waals surface area (Å²) >= 11 is 0. The van der Waals surface area contributed by atoms with Crippen molar-refractivity contribution in [2.45, 2.75) is 38.0 Å². The molecule has 0 saturated carbocycles. The quantitative estimate of drug-likeness (QED) is 0.174. The number of hydrogen-bond donors (Lipinski definition) is 0. The van der Waals surface area contributed by atoms with Crippen LogP contribution in [-0.2, 0) is 0 Å². The number of para-hydroxylation sites is 3. The summed E-state index contributed by atoms with van der Waals surface area (Å²) in [4.78, 5) is 5.07. The molecule has 5 aromatic rings. The van der Waals surface area contributed by atoms with Gasteiger partial charge in [-0.3, -0.25) is 0 Å². The first kappa shape index (κ1) is 30.1. The molecule has 0 N–H and O–H groups in total. The van der Waals surface area contributed by atoms with E-state index in [0.717, 1.165) is 32.1 Å². The second-order valence-electron chi connectivity index (χ2n) is 14.3. The highest BCUT2D eigenvalue weighted by Gasteiger charge is 2.44. The van der Waals surface area contributed by atoms with Gasteiger partial charge in [-0.15, -0.1) is 0 Å². The Hall–Kier alpha value is -5.80. The zero-order chi connectivity index (χ0) is 33.7. The predicted octanol–water partition coefficient (Wildman–Crippen LogP) is 11.4. The van der Waals surface area contributed by atoms with Gasteiger partial charge in [-0.1, -0.05) is 121 Å². The SMILES string of the molecule is C1=CCC(c2cc(C3=CCCC=C3)cc(-c3cc4c5c(c3)N(c3ccccc3)c3ccccc3B5C3=C(C=CCC3)N4c3ccccc3)c2)C=C1. The van der Waals surface area contributed by atoms with Crippen LogP contribution in [0.15, 0.2) is 181 Å². The van der Waals surface area contributed by atoms with E-state index in [1.54, 1.807) is 0 Å². The van der Waals surface area contributed by atoms with E-state index in [4.69, 9.17) is 0 Å². The van der Waals surface area contributed by atoms with Crippen molar-refractivity contribution in [1.29, 1.82) is 0 Å². The summed E-state index contributed by atoms with van der Waals surface area (Å²) in [5.41, 5.74) is 18.3. The Labute approximate surface area is 301 Å². The van der Waals surface area contributed by atoms with Gasteiger partial charge in [-0.2, -0.15) is 0 Å². The Bertz CT molecular complexity index is 2360. The molecule has 1 unspecified atom stereocenters. The lowest BCUT2D eigenvalue weighted by molar-refractivity contribution is 0.853. The van der Waals surface area contributed by atoms with Crippen LogP contribution in [0.3, 0.4) is 0 Å². The van der Waals surface area contributed by atoms with Crippen molar-refractivity contribution in [1.82, 2.24) is 0 Å². The van der Waals surface area contributed by atoms with Gasteiger partial charge in [0.05, 0.1) is 0 Å². The lowest BCUT2D eigenvalue weighted by Crippen LogP contribution is -2.56. The number of anilines is 5. The Balaban J connectivity index is 1.28. The average Bonchev–Trinajstić information content (AvgIpc) is 3.21. The van der Waals surface area contributed by atoms with Crippen molar-refractivity contribution in [3.63, 3.8) is 0 Å². The summed E-state index contributed by atoms with van der Waals surface area (Å²) in [7, 11) is 0. The van der Waals surface area contributed by atoms with Crippen LogP contribution < -0.4 is 20.7 Å². The number of benzene rings is 5. The minimum absolute atomic E-state index is 0.193. The van der Waals surface area contributed by atoms with Crippen molar-refractivity contribution in [2.24, 2.45) is 0 Å². The molecule has 0 bridgehead atoms. The maximum Gasteiger partial charge on any atom is 0.247 e. The molecule has 0 aromatic heterocycles. The summed E-state index contributed by atoms with van der Waals surface area (Å²) in [6.45, 7) is 0.193. The number of rotatable bonds is 5. The van der Waals surface area contributed by atoms with Crippen LogP contribution in [0.1, 0.15) is 49.1 Å². The van der Waals surface area contributed by atoms with E-state index in [1.165, 1.54) is 78.4 Å². The number of fused-ring (bicyclic) bond motifs is 3. The molecule has 3 aliphatic carbocycles. The Kier molecular flexibility index (Phi) is 7.38. The summed E-state index contributed by atoms with van der Waals surface area (Å²) < 4.78 is 0. The lowest BCUT2D eigenvalue weighted by Gasteiger charge is -2.45. The van der Waals surface area contributed by atoms with Crippen molar-refractivity contribution < 1.29 is 0 Å². The molecular weight excluding hydrogens is 615 g/mol. The third-order valence-electron chi connectivity index (χ3n) is 11.2. The van der Waals surface area contributed by atoms with Crippen molar-refractivity contribution in [3.05, 3.63) is 192 Å². The minimum atomic E-state index is 0.193. The fourth-order valence-corrected chi connectivity index (χ4v) is 8.91. The summed E-state index contributed by atoms with van der Waals surface area (Å²) in [5.74, 6) is 0.357. The first-order valence-electron chi connectivity index (χ1n) is 18.5. The highest BCUT2D eigenvalue weighted by atomic mass is 15.2. The second-order valence-corrected chi connectivity index (χ2v) is 14.3. The van der Waals surface area contributed by atoms with Gasteiger partial charge in [-0.25, -0.2) is 0 Å². The van der Waals surface area contributed by atoms with E-state index < -0.39 is 0 Å². The zero-order valence-corrected chi connectivity index (χ0v) is 28.8. The molecule has 0 spiro atoms. The average molecular weight is 655 g/mol. The van der Waals surface area contributed by atoms with Gasteiger partial charge in [0, 0.05) is 40.1 Å². The molecule has 244 valence electrons. The molecule has 0 amide bonds. The first-order valence-corrected chi connectivity index (χ1v) is 18.5. The van der Waals surface area contributed by atoms with E-state index in [-0.39, 0.29) is 6.71 Å². The minimum Gasteiger partial charge on any atom is -0.312 e. The molecule has 5 aromatic carbocycles. The zero-order valence-electron chi connectivity index (χ0n) is 28.8. The molecule has 0 radical (unpaired) electrons. The highest BCUT2D eigenvalue weighted by molar-refractivity contribution is 6.95. The van der Waals surface area contributed by atoms with Gasteiger partial charge >= 0.3 is 0 Å². The van der Waals surface area contributed by atoms with Crippen molar-refractivity contribution in [2.75, 3.05) is 9.80 Å². The molecule has 10 rings (SSSR count). The van der Waals surface area contributed by atoms with Gasteiger partial charge < -0.3 is 9.80 Å². The number of hydrogen-bond acceptors (Lipinski definition) is 2. The lowest BCUT2D eigenvalue weighted by atomic mass is 9.32. The third kappa shape index (κ3) is 5.10. The van der Waals surface area contributed by atoms with E-state index >= 15 is 0 Å². The molecule has 2 nitrogen and oxygen atoms in total. The van der Waals surface area contributed by atoms with Crippen LogP contribution in [0, 0.1) is 0 Å². The summed E-state index contributed by atoms with van der Waals surface area (Å²) in [5, 5.41) is 0.